The predicted molar refractivity (Wildman–Crippen MR) is 98.8 cm³/mol. The van der Waals surface area contributed by atoms with Crippen LogP contribution < -0.4 is 0 Å². The van der Waals surface area contributed by atoms with Crippen LogP contribution in [0.15, 0.2) is 29.2 Å². The molecule has 1 aliphatic rings. The summed E-state index contributed by atoms with van der Waals surface area (Å²) in [6.45, 7) is 4.03. The number of nitrogens with zero attached hydrogens (tertiary/aromatic N) is 3. The minimum Gasteiger partial charge on any atom is -0.337 e. The van der Waals surface area contributed by atoms with Gasteiger partial charge in [-0.2, -0.15) is 22.6 Å². The molecule has 0 saturated carbocycles. The molecule has 29 heavy (non-hydrogen) atoms. The summed E-state index contributed by atoms with van der Waals surface area (Å²) >= 11 is 0. The van der Waals surface area contributed by atoms with E-state index in [-0.39, 0.29) is 30.1 Å². The first-order chi connectivity index (χ1) is 13.5. The number of aromatic amines is 1. The van der Waals surface area contributed by atoms with Crippen molar-refractivity contribution in [1.82, 2.24) is 19.4 Å². The van der Waals surface area contributed by atoms with Gasteiger partial charge in [0.2, 0.25) is 10.0 Å². The monoisotopic (exact) mass is 430 g/mol. The Morgan fingerprint density at radius 3 is 2.28 bits per heavy atom. The number of rotatable bonds is 3. The van der Waals surface area contributed by atoms with Crippen LogP contribution in [-0.2, 0) is 16.2 Å². The number of hydrogen-bond acceptors (Lipinski definition) is 4. The maximum absolute atomic E-state index is 13.0. The molecule has 1 aromatic carbocycles. The van der Waals surface area contributed by atoms with Crippen molar-refractivity contribution in [2.24, 2.45) is 0 Å². The van der Waals surface area contributed by atoms with Gasteiger partial charge in [0.05, 0.1) is 17.0 Å². The largest absolute Gasteiger partial charge is 0.416 e. The van der Waals surface area contributed by atoms with Gasteiger partial charge in [-0.15, -0.1) is 0 Å². The molecule has 7 nitrogen and oxygen atoms in total. The second kappa shape index (κ2) is 7.79. The Morgan fingerprint density at radius 2 is 1.72 bits per heavy atom. The van der Waals surface area contributed by atoms with Crippen molar-refractivity contribution in [3.8, 4) is 0 Å². The molecule has 1 N–H and O–H groups in total. The SMILES string of the molecule is Cc1n[nH]c(C)c1S(=O)(=O)N1CCCN(C(=O)c2ccc(C(F)(F)F)cc2)CC1. The summed E-state index contributed by atoms with van der Waals surface area (Å²) in [5.74, 6) is -0.423. The van der Waals surface area contributed by atoms with Gasteiger partial charge in [0, 0.05) is 31.7 Å². The molecule has 1 fully saturated rings. The highest BCUT2D eigenvalue weighted by Crippen LogP contribution is 2.29. The number of carbonyl (C=O) groups excluding carboxylic acids is 1. The third-order valence-corrected chi connectivity index (χ3v) is 7.02. The van der Waals surface area contributed by atoms with Crippen molar-refractivity contribution < 1.29 is 26.4 Å². The Morgan fingerprint density at radius 1 is 1.07 bits per heavy atom. The second-order valence-electron chi connectivity index (χ2n) is 6.89. The minimum absolute atomic E-state index is 0.0960. The molecule has 1 aliphatic heterocycles. The molecule has 0 bridgehead atoms. The molecular formula is C18H21F3N4O3S. The normalized spacial score (nSPS) is 16.7. The summed E-state index contributed by atoms with van der Waals surface area (Å²) in [6.07, 6.45) is -4.05. The standard InChI is InChI=1S/C18H21F3N4O3S/c1-12-16(13(2)23-22-12)29(27,28)25-9-3-8-24(10-11-25)17(26)14-4-6-15(7-5-14)18(19,20)21/h4-7H,3,8-11H2,1-2H3,(H,22,23). The Kier molecular flexibility index (Phi) is 5.72. The van der Waals surface area contributed by atoms with Crippen LogP contribution in [0.1, 0.15) is 33.7 Å². The smallest absolute Gasteiger partial charge is 0.337 e. The highest BCUT2D eigenvalue weighted by atomic mass is 32.2. The van der Waals surface area contributed by atoms with Crippen LogP contribution in [0.4, 0.5) is 13.2 Å². The van der Waals surface area contributed by atoms with E-state index >= 15 is 0 Å². The van der Waals surface area contributed by atoms with Crippen LogP contribution >= 0.6 is 0 Å². The number of aryl methyl sites for hydroxylation is 2. The number of sulfonamides is 1. The molecule has 0 spiro atoms. The van der Waals surface area contributed by atoms with E-state index in [9.17, 15) is 26.4 Å². The van der Waals surface area contributed by atoms with Crippen molar-refractivity contribution in [2.45, 2.75) is 31.3 Å². The molecule has 0 radical (unpaired) electrons. The summed E-state index contributed by atoms with van der Waals surface area (Å²) < 4.78 is 65.3. The molecule has 1 aromatic heterocycles. The van der Waals surface area contributed by atoms with Gasteiger partial charge in [-0.05, 0) is 44.5 Å². The van der Waals surface area contributed by atoms with Crippen LogP contribution in [0.5, 0.6) is 0 Å². The lowest BCUT2D eigenvalue weighted by molar-refractivity contribution is -0.137. The van der Waals surface area contributed by atoms with Gasteiger partial charge in [0.1, 0.15) is 4.90 Å². The van der Waals surface area contributed by atoms with E-state index in [0.717, 1.165) is 24.3 Å². The van der Waals surface area contributed by atoms with Crippen LogP contribution in [0.2, 0.25) is 0 Å². The van der Waals surface area contributed by atoms with Gasteiger partial charge < -0.3 is 4.90 Å². The quantitative estimate of drug-likeness (QED) is 0.811. The molecule has 0 unspecified atom stereocenters. The van der Waals surface area contributed by atoms with Crippen LogP contribution in [0.25, 0.3) is 0 Å². The maximum atomic E-state index is 13.0. The van der Waals surface area contributed by atoms with Gasteiger partial charge in [0.15, 0.2) is 0 Å². The molecule has 3 rings (SSSR count). The number of H-pyrrole nitrogens is 1. The number of alkyl halides is 3. The summed E-state index contributed by atoms with van der Waals surface area (Å²) in [7, 11) is -3.76. The Hall–Kier alpha value is -2.40. The van der Waals surface area contributed by atoms with Crippen molar-refractivity contribution in [1.29, 1.82) is 0 Å². The van der Waals surface area contributed by atoms with E-state index in [1.807, 2.05) is 0 Å². The number of aromatic nitrogens is 2. The summed E-state index contributed by atoms with van der Waals surface area (Å²) in [4.78, 5) is 14.3. The number of hydrogen-bond donors (Lipinski definition) is 1. The van der Waals surface area contributed by atoms with Crippen molar-refractivity contribution in [2.75, 3.05) is 26.2 Å². The van der Waals surface area contributed by atoms with E-state index in [4.69, 9.17) is 0 Å². The lowest BCUT2D eigenvalue weighted by Gasteiger charge is -2.22. The first-order valence-electron chi connectivity index (χ1n) is 9.00. The van der Waals surface area contributed by atoms with Gasteiger partial charge in [-0.1, -0.05) is 0 Å². The highest BCUT2D eigenvalue weighted by Gasteiger charge is 2.33. The third-order valence-electron chi connectivity index (χ3n) is 4.86. The lowest BCUT2D eigenvalue weighted by Crippen LogP contribution is -2.37. The number of halogens is 3. The molecule has 2 heterocycles. The first kappa shape index (κ1) is 21.3. The fourth-order valence-corrected chi connectivity index (χ4v) is 5.17. The zero-order valence-electron chi connectivity index (χ0n) is 16.0. The van der Waals surface area contributed by atoms with Gasteiger partial charge in [-0.25, -0.2) is 8.42 Å². The number of benzene rings is 1. The molecule has 11 heteroatoms. The predicted octanol–water partition coefficient (Wildman–Crippen LogP) is 2.58. The molecule has 1 saturated heterocycles. The zero-order chi connectivity index (χ0) is 21.4. The maximum Gasteiger partial charge on any atom is 0.416 e. The molecule has 0 atom stereocenters. The van der Waals surface area contributed by atoms with Gasteiger partial charge in [0.25, 0.3) is 5.91 Å². The molecule has 2 aromatic rings. The van der Waals surface area contributed by atoms with Crippen LogP contribution in [-0.4, -0.2) is 59.9 Å². The summed E-state index contributed by atoms with van der Waals surface area (Å²) in [6, 6.07) is 4.02. The van der Waals surface area contributed by atoms with E-state index < -0.39 is 27.7 Å². The van der Waals surface area contributed by atoms with E-state index in [1.165, 1.54) is 9.21 Å². The van der Waals surface area contributed by atoms with Gasteiger partial charge >= 0.3 is 6.18 Å². The minimum atomic E-state index is -4.47. The van der Waals surface area contributed by atoms with E-state index in [2.05, 4.69) is 10.2 Å². The average molecular weight is 430 g/mol. The van der Waals surface area contributed by atoms with Gasteiger partial charge in [-0.3, -0.25) is 9.89 Å². The topological polar surface area (TPSA) is 86.4 Å². The Labute approximate surface area is 166 Å². The molecular weight excluding hydrogens is 409 g/mol. The molecule has 1 amide bonds. The number of nitrogens with one attached hydrogen (secondary N) is 1. The highest BCUT2D eigenvalue weighted by molar-refractivity contribution is 7.89. The third kappa shape index (κ3) is 4.30. The van der Waals surface area contributed by atoms with Crippen molar-refractivity contribution in [3.05, 3.63) is 46.8 Å². The number of amides is 1. The second-order valence-corrected chi connectivity index (χ2v) is 8.76. The van der Waals surface area contributed by atoms with Crippen molar-refractivity contribution in [3.63, 3.8) is 0 Å². The fourth-order valence-electron chi connectivity index (χ4n) is 3.37. The Balaban J connectivity index is 1.74. The summed E-state index contributed by atoms with van der Waals surface area (Å²) in [5.41, 5.74) is 0.137. The fraction of sp³-hybridized carbons (Fsp3) is 0.444. The summed E-state index contributed by atoms with van der Waals surface area (Å²) in [5, 5.41) is 6.59. The van der Waals surface area contributed by atoms with Crippen molar-refractivity contribution >= 4 is 15.9 Å². The van der Waals surface area contributed by atoms with Crippen LogP contribution in [0.3, 0.4) is 0 Å². The van der Waals surface area contributed by atoms with Crippen LogP contribution in [0, 0.1) is 13.8 Å². The average Bonchev–Trinajstić information content (AvgIpc) is 2.85. The molecule has 158 valence electrons. The number of carbonyl (C=O) groups is 1. The molecule has 0 aliphatic carbocycles. The zero-order valence-corrected chi connectivity index (χ0v) is 16.8. The van der Waals surface area contributed by atoms with E-state index in [1.54, 1.807) is 13.8 Å². The first-order valence-corrected chi connectivity index (χ1v) is 10.4. The lowest BCUT2D eigenvalue weighted by atomic mass is 10.1. The Bertz CT molecular complexity index is 981. The van der Waals surface area contributed by atoms with E-state index in [0.29, 0.717) is 24.4 Å².